The van der Waals surface area contributed by atoms with Crippen molar-refractivity contribution in [2.24, 2.45) is 0 Å². The molecule has 7 heteroatoms. The van der Waals surface area contributed by atoms with Gasteiger partial charge in [-0.25, -0.2) is 4.79 Å². The Morgan fingerprint density at radius 2 is 1.65 bits per heavy atom. The van der Waals surface area contributed by atoms with Gasteiger partial charge < -0.3 is 30.3 Å². The maximum absolute atomic E-state index is 11.0. The normalized spacial score (nSPS) is 18.0. The van der Waals surface area contributed by atoms with Gasteiger partial charge in [0, 0.05) is 5.57 Å². The van der Waals surface area contributed by atoms with Crippen molar-refractivity contribution in [3.8, 4) is 0 Å². The van der Waals surface area contributed by atoms with Crippen LogP contribution in [0.2, 0.25) is 0 Å². The number of hydrogen-bond donors (Lipinski definition) is 5. The topological polar surface area (TPSA) is 127 Å². The average Bonchev–Trinajstić information content (AvgIpc) is 2.32. The molecule has 0 aromatic heterocycles. The van der Waals surface area contributed by atoms with Crippen molar-refractivity contribution in [1.29, 1.82) is 0 Å². The third kappa shape index (κ3) is 5.24. The first kappa shape index (κ1) is 16.0. The number of ether oxygens (including phenoxy) is 1. The molecular formula is C10H18O7. The number of esters is 1. The lowest BCUT2D eigenvalue weighted by Gasteiger charge is -2.25. The van der Waals surface area contributed by atoms with Gasteiger partial charge in [-0.1, -0.05) is 6.58 Å². The van der Waals surface area contributed by atoms with E-state index in [1.807, 2.05) is 0 Å². The molecule has 17 heavy (non-hydrogen) atoms. The second kappa shape index (κ2) is 7.36. The molecule has 0 aromatic rings. The van der Waals surface area contributed by atoms with E-state index in [-0.39, 0.29) is 5.57 Å². The van der Waals surface area contributed by atoms with Gasteiger partial charge in [-0.3, -0.25) is 0 Å². The molecule has 0 bridgehead atoms. The number of aliphatic hydroxyl groups is 5. The molecule has 4 atom stereocenters. The zero-order valence-electron chi connectivity index (χ0n) is 9.48. The van der Waals surface area contributed by atoms with Crippen molar-refractivity contribution in [3.63, 3.8) is 0 Å². The smallest absolute Gasteiger partial charge is 0.333 e. The number of carbonyl (C=O) groups excluding carboxylic acids is 1. The molecule has 100 valence electrons. The molecule has 0 fully saturated rings. The van der Waals surface area contributed by atoms with Crippen LogP contribution in [0.5, 0.6) is 0 Å². The second-order valence-electron chi connectivity index (χ2n) is 3.68. The summed E-state index contributed by atoms with van der Waals surface area (Å²) in [5.74, 6) is -0.742. The SMILES string of the molecule is C=C(C)C(=O)OC[C@@H](O)[C@@H](O)[C@H](O)[C@H](O)CO. The predicted molar refractivity (Wildman–Crippen MR) is 56.9 cm³/mol. The highest BCUT2D eigenvalue weighted by atomic mass is 16.5. The molecule has 0 rings (SSSR count). The van der Waals surface area contributed by atoms with Gasteiger partial charge in [0.05, 0.1) is 6.61 Å². The van der Waals surface area contributed by atoms with Gasteiger partial charge in [-0.15, -0.1) is 0 Å². The summed E-state index contributed by atoms with van der Waals surface area (Å²) in [5, 5.41) is 45.5. The Morgan fingerprint density at radius 1 is 1.18 bits per heavy atom. The number of hydrogen-bond acceptors (Lipinski definition) is 7. The fraction of sp³-hybridized carbons (Fsp3) is 0.700. The summed E-state index contributed by atoms with van der Waals surface area (Å²) < 4.78 is 4.55. The van der Waals surface area contributed by atoms with Crippen LogP contribution in [0.4, 0.5) is 0 Å². The Hall–Kier alpha value is -0.990. The first-order chi connectivity index (χ1) is 7.81. The lowest BCUT2D eigenvalue weighted by Crippen LogP contribution is -2.47. The fourth-order valence-corrected chi connectivity index (χ4v) is 0.946. The Morgan fingerprint density at radius 3 is 2.06 bits per heavy atom. The van der Waals surface area contributed by atoms with Crippen molar-refractivity contribution in [2.75, 3.05) is 13.2 Å². The molecule has 0 spiro atoms. The summed E-state index contributed by atoms with van der Waals surface area (Å²) in [5.41, 5.74) is 0.127. The first-order valence-electron chi connectivity index (χ1n) is 4.97. The highest BCUT2D eigenvalue weighted by Gasteiger charge is 2.30. The lowest BCUT2D eigenvalue weighted by atomic mass is 10.0. The molecule has 0 saturated heterocycles. The molecule has 0 saturated carbocycles. The van der Waals surface area contributed by atoms with Crippen molar-refractivity contribution < 1.29 is 35.1 Å². The largest absolute Gasteiger partial charge is 0.459 e. The zero-order valence-corrected chi connectivity index (χ0v) is 9.48. The minimum atomic E-state index is -1.74. The Bertz CT molecular complexity index is 265. The summed E-state index contributed by atoms with van der Waals surface area (Å²) in [7, 11) is 0. The van der Waals surface area contributed by atoms with Crippen LogP contribution in [0, 0.1) is 0 Å². The third-order valence-corrected chi connectivity index (χ3v) is 2.06. The van der Waals surface area contributed by atoms with Gasteiger partial charge in [0.15, 0.2) is 0 Å². The summed E-state index contributed by atoms with van der Waals surface area (Å²) in [6.45, 7) is 3.40. The van der Waals surface area contributed by atoms with Crippen LogP contribution in [0.1, 0.15) is 6.92 Å². The average molecular weight is 250 g/mol. The zero-order chi connectivity index (χ0) is 13.6. The van der Waals surface area contributed by atoms with Crippen molar-refractivity contribution in [1.82, 2.24) is 0 Å². The van der Waals surface area contributed by atoms with E-state index in [0.717, 1.165) is 0 Å². The molecule has 0 amide bonds. The molecule has 0 aliphatic carbocycles. The molecule has 0 heterocycles. The fourth-order valence-electron chi connectivity index (χ4n) is 0.946. The van der Waals surface area contributed by atoms with E-state index >= 15 is 0 Å². The van der Waals surface area contributed by atoms with Gasteiger partial charge in [-0.05, 0) is 6.92 Å². The van der Waals surface area contributed by atoms with Crippen LogP contribution in [-0.4, -0.2) is 69.1 Å². The highest BCUT2D eigenvalue weighted by Crippen LogP contribution is 2.06. The van der Waals surface area contributed by atoms with Gasteiger partial charge in [0.2, 0.25) is 0 Å². The summed E-state index contributed by atoms with van der Waals surface area (Å²) in [6, 6.07) is 0. The predicted octanol–water partition coefficient (Wildman–Crippen LogP) is -2.46. The van der Waals surface area contributed by atoms with E-state index in [9.17, 15) is 20.1 Å². The number of carbonyl (C=O) groups is 1. The molecular weight excluding hydrogens is 232 g/mol. The molecule has 0 aliphatic heterocycles. The van der Waals surface area contributed by atoms with Gasteiger partial charge in [-0.2, -0.15) is 0 Å². The maximum atomic E-state index is 11.0. The van der Waals surface area contributed by atoms with E-state index < -0.39 is 43.6 Å². The maximum Gasteiger partial charge on any atom is 0.333 e. The van der Waals surface area contributed by atoms with Crippen LogP contribution >= 0.6 is 0 Å². The molecule has 0 unspecified atom stereocenters. The minimum Gasteiger partial charge on any atom is -0.459 e. The van der Waals surface area contributed by atoms with Crippen LogP contribution in [0.25, 0.3) is 0 Å². The Kier molecular flexibility index (Phi) is 6.93. The quantitative estimate of drug-likeness (QED) is 0.250. The monoisotopic (exact) mass is 250 g/mol. The molecule has 0 radical (unpaired) electrons. The van der Waals surface area contributed by atoms with E-state index in [1.165, 1.54) is 6.92 Å². The second-order valence-corrected chi connectivity index (χ2v) is 3.68. The van der Waals surface area contributed by atoms with Gasteiger partial charge >= 0.3 is 5.97 Å². The van der Waals surface area contributed by atoms with E-state index in [4.69, 9.17) is 10.2 Å². The number of rotatable bonds is 7. The summed E-state index contributed by atoms with van der Waals surface area (Å²) >= 11 is 0. The van der Waals surface area contributed by atoms with Gasteiger partial charge in [0.1, 0.15) is 31.0 Å². The van der Waals surface area contributed by atoms with Crippen LogP contribution in [-0.2, 0) is 9.53 Å². The molecule has 7 nitrogen and oxygen atoms in total. The third-order valence-electron chi connectivity index (χ3n) is 2.06. The van der Waals surface area contributed by atoms with Crippen molar-refractivity contribution in [2.45, 2.75) is 31.3 Å². The van der Waals surface area contributed by atoms with Crippen molar-refractivity contribution in [3.05, 3.63) is 12.2 Å². The Labute approximate surface area is 98.6 Å². The van der Waals surface area contributed by atoms with Crippen LogP contribution < -0.4 is 0 Å². The van der Waals surface area contributed by atoms with Crippen LogP contribution in [0.3, 0.4) is 0 Å². The lowest BCUT2D eigenvalue weighted by molar-refractivity contribution is -0.152. The highest BCUT2D eigenvalue weighted by molar-refractivity contribution is 5.86. The first-order valence-corrected chi connectivity index (χ1v) is 4.97. The molecule has 5 N–H and O–H groups in total. The molecule has 0 aliphatic rings. The minimum absolute atomic E-state index is 0.127. The summed E-state index contributed by atoms with van der Waals surface area (Å²) in [4.78, 5) is 11.0. The van der Waals surface area contributed by atoms with Crippen LogP contribution in [0.15, 0.2) is 12.2 Å². The van der Waals surface area contributed by atoms with Crippen molar-refractivity contribution >= 4 is 5.97 Å². The standard InChI is InChI=1S/C10H18O7/c1-5(2)10(16)17-4-7(13)9(15)8(14)6(12)3-11/h6-9,11-15H,1,3-4H2,2H3/t6-,7-,8-,9-/m1/s1. The number of aliphatic hydroxyl groups excluding tert-OH is 5. The molecule has 0 aromatic carbocycles. The van der Waals surface area contributed by atoms with Gasteiger partial charge in [0.25, 0.3) is 0 Å². The van der Waals surface area contributed by atoms with E-state index in [2.05, 4.69) is 11.3 Å². The van der Waals surface area contributed by atoms with E-state index in [1.54, 1.807) is 0 Å². The summed E-state index contributed by atoms with van der Waals surface area (Å²) in [6.07, 6.45) is -6.64. The Balaban J connectivity index is 4.18. The van der Waals surface area contributed by atoms with E-state index in [0.29, 0.717) is 0 Å².